The fraction of sp³-hybridized carbons (Fsp3) is 0.488. The number of piperidine rings is 2. The number of aryl methyl sites for hydroxylation is 2. The lowest BCUT2D eigenvalue weighted by molar-refractivity contribution is 0.436. The number of aromatic nitrogens is 23. The van der Waals surface area contributed by atoms with Crippen molar-refractivity contribution in [1.82, 2.24) is 113 Å². The van der Waals surface area contributed by atoms with Crippen LogP contribution in [0.2, 0.25) is 0 Å². The van der Waals surface area contributed by atoms with E-state index in [4.69, 9.17) is 0 Å². The maximum atomic E-state index is 4.58. The van der Waals surface area contributed by atoms with Crippen LogP contribution in [-0.4, -0.2) is 138 Å². The van der Waals surface area contributed by atoms with Crippen molar-refractivity contribution in [3.8, 4) is 29.1 Å². The van der Waals surface area contributed by atoms with Crippen molar-refractivity contribution in [1.29, 1.82) is 0 Å². The maximum absolute atomic E-state index is 4.58. The first-order chi connectivity index (χ1) is 52.1. The van der Waals surface area contributed by atoms with Crippen molar-refractivity contribution in [2.24, 2.45) is 5.92 Å². The molecule has 14 heterocycles. The molecule has 2 aliphatic rings. The van der Waals surface area contributed by atoms with Crippen molar-refractivity contribution in [2.45, 2.75) is 249 Å². The molecule has 0 N–H and O–H groups in total. The van der Waals surface area contributed by atoms with Crippen molar-refractivity contribution < 1.29 is 0 Å². The molecule has 2 fully saturated rings. The molecule has 1 unspecified atom stereocenters. The molecule has 25 nitrogen and oxygen atoms in total. The molecule has 0 bridgehead atoms. The van der Waals surface area contributed by atoms with Crippen molar-refractivity contribution in [3.05, 3.63) is 225 Å². The molecule has 0 aromatic carbocycles. The van der Waals surface area contributed by atoms with Gasteiger partial charge in [0.1, 0.15) is 30.1 Å². The highest BCUT2D eigenvalue weighted by Gasteiger charge is 2.25. The number of rotatable bonds is 7. The summed E-state index contributed by atoms with van der Waals surface area (Å²) in [6, 6.07) is 6.40. The molecule has 0 radical (unpaired) electrons. The van der Waals surface area contributed by atoms with Crippen molar-refractivity contribution in [3.63, 3.8) is 0 Å². The molecule has 14 rings (SSSR count). The molecule has 12 aromatic heterocycles. The van der Waals surface area contributed by atoms with Crippen LogP contribution in [0.1, 0.15) is 243 Å². The van der Waals surface area contributed by atoms with Crippen molar-refractivity contribution >= 4 is 11.6 Å². The van der Waals surface area contributed by atoms with E-state index in [0.29, 0.717) is 6.04 Å². The van der Waals surface area contributed by atoms with Gasteiger partial charge in [-0.25, -0.2) is 54.5 Å². The normalized spacial score (nSPS) is 14.3. The first-order valence-corrected chi connectivity index (χ1v) is 38.5. The Kier molecular flexibility index (Phi) is 28.9. The molecule has 111 heavy (non-hydrogen) atoms. The van der Waals surface area contributed by atoms with E-state index < -0.39 is 0 Å². The van der Waals surface area contributed by atoms with Crippen LogP contribution in [0.25, 0.3) is 29.1 Å². The summed E-state index contributed by atoms with van der Waals surface area (Å²) in [6.07, 6.45) is 52.2. The van der Waals surface area contributed by atoms with Crippen LogP contribution in [0.3, 0.4) is 0 Å². The van der Waals surface area contributed by atoms with E-state index in [1.165, 1.54) is 32.1 Å². The van der Waals surface area contributed by atoms with Gasteiger partial charge < -0.3 is 14.4 Å². The predicted octanol–water partition coefficient (Wildman–Crippen LogP) is 17.2. The average molecular weight is 1510 g/mol. The second-order valence-corrected chi connectivity index (χ2v) is 35.6. The van der Waals surface area contributed by atoms with Crippen LogP contribution in [-0.2, 0) is 37.9 Å². The van der Waals surface area contributed by atoms with Gasteiger partial charge in [0.25, 0.3) is 0 Å². The van der Waals surface area contributed by atoms with E-state index in [2.05, 4.69) is 259 Å². The number of hydrogen-bond donors (Lipinski definition) is 0. The van der Waals surface area contributed by atoms with E-state index in [0.717, 1.165) is 118 Å². The van der Waals surface area contributed by atoms with Crippen LogP contribution >= 0.6 is 0 Å². The van der Waals surface area contributed by atoms with Gasteiger partial charge in [-0.15, -0.1) is 0 Å². The Balaban J connectivity index is 0.000000163. The zero-order chi connectivity index (χ0) is 81.1. The number of hydrogen-bond acceptors (Lipinski definition) is 20. The zero-order valence-electron chi connectivity index (χ0n) is 70.7. The Hall–Kier alpha value is -10.7. The molecule has 0 spiro atoms. The third kappa shape index (κ3) is 25.9. The number of nitrogens with zero attached hydrogens (tertiary/aromatic N) is 25. The Bertz CT molecular complexity index is 4420. The van der Waals surface area contributed by atoms with Crippen molar-refractivity contribution in [2.75, 3.05) is 29.4 Å². The third-order valence-corrected chi connectivity index (χ3v) is 18.5. The lowest BCUT2D eigenvalue weighted by atomic mass is 9.93. The van der Waals surface area contributed by atoms with Gasteiger partial charge in [0, 0.05) is 119 Å². The fourth-order valence-corrected chi connectivity index (χ4v) is 11.0. The van der Waals surface area contributed by atoms with Gasteiger partial charge in [0.15, 0.2) is 29.1 Å². The minimum atomic E-state index is 0.0372. The minimum absolute atomic E-state index is 0.0372. The van der Waals surface area contributed by atoms with Gasteiger partial charge in [-0.1, -0.05) is 152 Å². The number of imidazole rings is 3. The first-order valence-electron chi connectivity index (χ1n) is 38.5. The molecule has 12 aromatic rings. The molecule has 2 aliphatic heterocycles. The predicted molar refractivity (Wildman–Crippen MR) is 444 cm³/mol. The lowest BCUT2D eigenvalue weighted by Gasteiger charge is -2.34. The van der Waals surface area contributed by atoms with Gasteiger partial charge in [-0.2, -0.15) is 5.10 Å². The van der Waals surface area contributed by atoms with Gasteiger partial charge >= 0.3 is 0 Å². The quantitative estimate of drug-likeness (QED) is 0.143. The van der Waals surface area contributed by atoms with E-state index in [-0.39, 0.29) is 37.9 Å². The smallest absolute Gasteiger partial charge is 0.171 e. The van der Waals surface area contributed by atoms with E-state index in [9.17, 15) is 0 Å². The highest BCUT2D eigenvalue weighted by atomic mass is 15.3. The van der Waals surface area contributed by atoms with Crippen LogP contribution < -0.4 is 9.80 Å². The van der Waals surface area contributed by atoms with E-state index in [1.54, 1.807) is 73.1 Å². The lowest BCUT2D eigenvalue weighted by Crippen LogP contribution is -2.38. The molecular weight excluding hydrogens is 1380 g/mol. The molecule has 590 valence electrons. The molecule has 2 saturated heterocycles. The highest BCUT2D eigenvalue weighted by Crippen LogP contribution is 2.29. The summed E-state index contributed by atoms with van der Waals surface area (Å²) in [5, 5.41) is 4.09. The maximum Gasteiger partial charge on any atom is 0.171 e. The monoisotopic (exact) mass is 1500 g/mol. The van der Waals surface area contributed by atoms with Gasteiger partial charge in [0.05, 0.1) is 132 Å². The Morgan fingerprint density at radius 2 is 0.712 bits per heavy atom. The Labute approximate surface area is 659 Å². The molecule has 1 atom stereocenters. The van der Waals surface area contributed by atoms with Gasteiger partial charge in [-0.3, -0.25) is 48.6 Å². The zero-order valence-corrected chi connectivity index (χ0v) is 70.7. The van der Waals surface area contributed by atoms with E-state index in [1.807, 2.05) is 137 Å². The highest BCUT2D eigenvalue weighted by molar-refractivity contribution is 5.39. The summed E-state index contributed by atoms with van der Waals surface area (Å²) in [5.41, 5.74) is 8.45. The summed E-state index contributed by atoms with van der Waals surface area (Å²) in [4.78, 5) is 79.2. The standard InChI is InChI=1S/2C14H23N3.2C12H16N4.C12H15N3.2C11H14N4/c1-11-5-7-17(8-6-11)13-10-15-12(9-16-13)14(2,3)4;1-11-7-5-6-8-17(11)13-10-15-12(9-16-13)14(2,3)4;1-9-7-16(8-15-9)11-6-13-10(5-14-11)12(2,3)4;1-9-13-5-6-16(9)11-8-14-10(7-15-11)12(2,3)4;1-12(2,3)10-8-14-11(9-13-10)15-6-4-5-7-15;1-11(2,3)9-6-14-10(7-13-9)15-5-4-12-8-15;1-11(2,3)9-7-13-10(8-12-9)15-6-4-5-14-15/h2*9-11H,5-8H2,1-4H3;2*5-8H,1-4H3;4-9H,1-3H3;2*4-8H,1-3H3. The topological polar surface area (TPSA) is 263 Å². The molecule has 0 aliphatic carbocycles. The third-order valence-electron chi connectivity index (χ3n) is 18.5. The largest absolute Gasteiger partial charge is 0.355 e. The summed E-state index contributed by atoms with van der Waals surface area (Å²) < 4.78 is 9.26. The second kappa shape index (κ2) is 37.3. The van der Waals surface area contributed by atoms with Gasteiger partial charge in [-0.05, 0) is 77.0 Å². The molecular formula is C86H121N25. The van der Waals surface area contributed by atoms with Crippen LogP contribution in [0.5, 0.6) is 0 Å². The average Bonchev–Trinajstić information content (AvgIpc) is 1.57. The summed E-state index contributed by atoms with van der Waals surface area (Å²) >= 11 is 0. The first kappa shape index (κ1) is 85.9. The summed E-state index contributed by atoms with van der Waals surface area (Å²) in [5.74, 6) is 7.83. The van der Waals surface area contributed by atoms with E-state index >= 15 is 0 Å². The molecule has 0 saturated carbocycles. The Morgan fingerprint density at radius 3 is 1.05 bits per heavy atom. The summed E-state index contributed by atoms with van der Waals surface area (Å²) in [6.45, 7) is 56.7. The van der Waals surface area contributed by atoms with Crippen LogP contribution in [0.4, 0.5) is 11.6 Å². The minimum Gasteiger partial charge on any atom is -0.355 e. The van der Waals surface area contributed by atoms with Gasteiger partial charge in [0.2, 0.25) is 0 Å². The fourth-order valence-electron chi connectivity index (χ4n) is 11.0. The SMILES string of the molecule is CC(C)(C)c1cnc(-n2cccc2)cn1.CC(C)(C)c1cnc(-n2cccn2)cn1.CC(C)(C)c1cnc(-n2ccnc2)cn1.CC1CCCCN1c1cnc(C(C)(C)C)cn1.CC1CCN(c2cnc(C(C)(C)C)cn2)CC1.Cc1cn(-c2cnc(C(C)(C)C)cn2)cn1.Cc1nccn1-c1cnc(C(C)(C)C)cn1. The van der Waals surface area contributed by atoms with Crippen LogP contribution in [0.15, 0.2) is 173 Å². The van der Waals surface area contributed by atoms with Crippen LogP contribution in [0, 0.1) is 19.8 Å². The second-order valence-electron chi connectivity index (χ2n) is 35.6. The number of anilines is 2. The summed E-state index contributed by atoms with van der Waals surface area (Å²) in [7, 11) is 0. The molecule has 25 heteroatoms. The molecule has 0 amide bonds. The Morgan fingerprint density at radius 1 is 0.315 bits per heavy atom.